The first-order valence-corrected chi connectivity index (χ1v) is 9.00. The first-order valence-electron chi connectivity index (χ1n) is 9.00. The summed E-state index contributed by atoms with van der Waals surface area (Å²) in [5.74, 6) is -0.193. The Hall–Kier alpha value is -2.21. The van der Waals surface area contributed by atoms with Gasteiger partial charge in [-0.25, -0.2) is 0 Å². The van der Waals surface area contributed by atoms with E-state index in [0.29, 0.717) is 6.04 Å². The molecule has 2 amide bonds. The van der Waals surface area contributed by atoms with Crippen molar-refractivity contribution in [2.24, 2.45) is 5.73 Å². The van der Waals surface area contributed by atoms with Gasteiger partial charge in [-0.05, 0) is 56.9 Å². The predicted octanol–water partition coefficient (Wildman–Crippen LogP) is 1.34. The van der Waals surface area contributed by atoms with Crippen LogP contribution >= 0.6 is 0 Å². The third kappa shape index (κ3) is 4.07. The summed E-state index contributed by atoms with van der Waals surface area (Å²) >= 11 is 0. The number of piperidine rings is 1. The van der Waals surface area contributed by atoms with Gasteiger partial charge in [-0.2, -0.15) is 0 Å². The molecule has 2 aliphatic heterocycles. The fourth-order valence-electron chi connectivity index (χ4n) is 3.88. The molecule has 0 saturated carbocycles. The largest absolute Gasteiger partial charge is 0.368 e. The highest BCUT2D eigenvalue weighted by Crippen LogP contribution is 2.26. The minimum atomic E-state index is -0.218. The molecule has 1 aromatic rings. The van der Waals surface area contributed by atoms with E-state index in [1.54, 1.807) is 18.3 Å². The van der Waals surface area contributed by atoms with E-state index < -0.39 is 0 Å². The Morgan fingerprint density at radius 2 is 2.00 bits per heavy atom. The van der Waals surface area contributed by atoms with Crippen molar-refractivity contribution >= 4 is 17.9 Å². The van der Waals surface area contributed by atoms with Gasteiger partial charge in [-0.3, -0.25) is 19.5 Å². The second-order valence-corrected chi connectivity index (χ2v) is 6.89. The van der Waals surface area contributed by atoms with E-state index in [-0.39, 0.29) is 17.9 Å². The lowest BCUT2D eigenvalue weighted by Gasteiger charge is -2.38. The topological polar surface area (TPSA) is 79.5 Å². The van der Waals surface area contributed by atoms with Crippen LogP contribution < -0.4 is 5.73 Å². The van der Waals surface area contributed by atoms with E-state index in [1.807, 2.05) is 24.0 Å². The number of carbonyl (C=O) groups is 2. The number of aromatic nitrogens is 1. The van der Waals surface area contributed by atoms with Crippen LogP contribution in [0, 0.1) is 6.92 Å². The van der Waals surface area contributed by atoms with Gasteiger partial charge in [0, 0.05) is 31.4 Å². The van der Waals surface area contributed by atoms with Crippen molar-refractivity contribution in [1.29, 1.82) is 0 Å². The zero-order valence-electron chi connectivity index (χ0n) is 14.7. The number of primary amides is 1. The molecule has 2 aliphatic rings. The first-order chi connectivity index (χ1) is 12.1. The first kappa shape index (κ1) is 17.6. The second-order valence-electron chi connectivity index (χ2n) is 6.89. The van der Waals surface area contributed by atoms with E-state index in [0.717, 1.165) is 56.6 Å². The Balaban J connectivity index is 1.54. The van der Waals surface area contributed by atoms with Crippen LogP contribution in [0.4, 0.5) is 0 Å². The molecule has 0 aliphatic carbocycles. The molecule has 134 valence electrons. The number of nitrogens with zero attached hydrogens (tertiary/aromatic N) is 3. The zero-order valence-corrected chi connectivity index (χ0v) is 14.7. The summed E-state index contributed by atoms with van der Waals surface area (Å²) in [4.78, 5) is 32.4. The third-order valence-electron chi connectivity index (χ3n) is 5.30. The molecular weight excluding hydrogens is 316 g/mol. The Morgan fingerprint density at radius 3 is 2.68 bits per heavy atom. The van der Waals surface area contributed by atoms with Crippen LogP contribution in [-0.4, -0.2) is 58.3 Å². The number of hydrogen-bond donors (Lipinski definition) is 1. The van der Waals surface area contributed by atoms with Gasteiger partial charge in [-0.15, -0.1) is 0 Å². The van der Waals surface area contributed by atoms with E-state index in [9.17, 15) is 9.59 Å². The quantitative estimate of drug-likeness (QED) is 0.838. The zero-order chi connectivity index (χ0) is 17.8. The maximum atomic E-state index is 12.4. The van der Waals surface area contributed by atoms with Crippen LogP contribution in [0.2, 0.25) is 0 Å². The van der Waals surface area contributed by atoms with Gasteiger partial charge in [0.05, 0.1) is 11.7 Å². The molecular formula is C19H26N4O2. The van der Waals surface area contributed by atoms with Crippen LogP contribution in [0.3, 0.4) is 0 Å². The van der Waals surface area contributed by atoms with E-state index >= 15 is 0 Å². The highest BCUT2D eigenvalue weighted by molar-refractivity contribution is 5.91. The van der Waals surface area contributed by atoms with E-state index in [1.165, 1.54) is 0 Å². The smallest absolute Gasteiger partial charge is 0.246 e. The number of nitrogens with two attached hydrogens (primary N) is 1. The van der Waals surface area contributed by atoms with Crippen molar-refractivity contribution in [1.82, 2.24) is 14.8 Å². The fourth-order valence-corrected chi connectivity index (χ4v) is 3.88. The molecule has 2 fully saturated rings. The fraction of sp³-hybridized carbons (Fsp3) is 0.526. The highest BCUT2D eigenvalue weighted by Gasteiger charge is 2.36. The lowest BCUT2D eigenvalue weighted by Crippen LogP contribution is -2.51. The lowest BCUT2D eigenvalue weighted by atomic mass is 10.0. The van der Waals surface area contributed by atoms with Gasteiger partial charge < -0.3 is 10.6 Å². The molecule has 0 spiro atoms. The van der Waals surface area contributed by atoms with Crippen LogP contribution in [0.5, 0.6) is 0 Å². The molecule has 6 heteroatoms. The van der Waals surface area contributed by atoms with Crippen molar-refractivity contribution in [3.05, 3.63) is 35.7 Å². The maximum absolute atomic E-state index is 12.4. The Bertz CT molecular complexity index is 665. The summed E-state index contributed by atoms with van der Waals surface area (Å²) in [7, 11) is 0. The summed E-state index contributed by atoms with van der Waals surface area (Å²) in [5.41, 5.74) is 7.40. The van der Waals surface area contributed by atoms with Gasteiger partial charge >= 0.3 is 0 Å². The van der Waals surface area contributed by atoms with Gasteiger partial charge in [0.1, 0.15) is 0 Å². The molecule has 2 saturated heterocycles. The van der Waals surface area contributed by atoms with Crippen molar-refractivity contribution in [3.8, 4) is 0 Å². The lowest BCUT2D eigenvalue weighted by molar-refractivity contribution is -0.129. The number of pyridine rings is 1. The Morgan fingerprint density at radius 1 is 1.24 bits per heavy atom. The van der Waals surface area contributed by atoms with Crippen LogP contribution in [-0.2, 0) is 9.59 Å². The molecule has 0 bridgehead atoms. The molecule has 25 heavy (non-hydrogen) atoms. The summed E-state index contributed by atoms with van der Waals surface area (Å²) in [6.45, 7) is 4.35. The molecule has 3 heterocycles. The van der Waals surface area contributed by atoms with Crippen LogP contribution in [0.1, 0.15) is 36.9 Å². The number of rotatable bonds is 4. The number of aryl methyl sites for hydroxylation is 1. The van der Waals surface area contributed by atoms with Crippen molar-refractivity contribution in [3.63, 3.8) is 0 Å². The van der Waals surface area contributed by atoms with Crippen molar-refractivity contribution in [2.45, 2.75) is 44.7 Å². The molecule has 1 atom stereocenters. The van der Waals surface area contributed by atoms with Crippen LogP contribution in [0.15, 0.2) is 24.4 Å². The van der Waals surface area contributed by atoms with Crippen molar-refractivity contribution < 1.29 is 9.59 Å². The van der Waals surface area contributed by atoms with Gasteiger partial charge in [0.15, 0.2) is 0 Å². The molecule has 0 radical (unpaired) electrons. The van der Waals surface area contributed by atoms with E-state index in [4.69, 9.17) is 5.73 Å². The monoisotopic (exact) mass is 342 g/mol. The molecule has 6 nitrogen and oxygen atoms in total. The average molecular weight is 342 g/mol. The molecule has 2 N–H and O–H groups in total. The Labute approximate surface area is 148 Å². The molecule has 3 rings (SSSR count). The van der Waals surface area contributed by atoms with Crippen LogP contribution in [0.25, 0.3) is 6.08 Å². The van der Waals surface area contributed by atoms with Gasteiger partial charge in [0.2, 0.25) is 11.8 Å². The number of hydrogen-bond acceptors (Lipinski definition) is 4. The number of carbonyl (C=O) groups excluding carboxylic acids is 2. The van der Waals surface area contributed by atoms with Crippen molar-refractivity contribution in [2.75, 3.05) is 19.6 Å². The average Bonchev–Trinajstić information content (AvgIpc) is 3.11. The van der Waals surface area contributed by atoms with Gasteiger partial charge in [0.25, 0.3) is 0 Å². The standard InChI is InChI=1S/C19H26N4O2/c1-14-4-2-10-21-16(14)6-7-18(24)22-12-8-15(9-13-22)23-11-3-5-17(23)19(20)25/h2,4,6-7,10,15,17H,3,5,8-9,11-13H2,1H3,(H2,20,25). The minimum Gasteiger partial charge on any atom is -0.368 e. The number of amides is 2. The molecule has 1 aromatic heterocycles. The summed E-state index contributed by atoms with van der Waals surface area (Å²) in [6, 6.07) is 4.09. The maximum Gasteiger partial charge on any atom is 0.246 e. The SMILES string of the molecule is Cc1cccnc1C=CC(=O)N1CCC(N2CCCC2C(N)=O)CC1. The minimum absolute atomic E-state index is 0.0244. The molecule has 1 unspecified atom stereocenters. The predicted molar refractivity (Wildman–Crippen MR) is 96.5 cm³/mol. The van der Waals surface area contributed by atoms with Gasteiger partial charge in [-0.1, -0.05) is 6.07 Å². The Kier molecular flexibility index (Phi) is 5.48. The summed E-state index contributed by atoms with van der Waals surface area (Å²) in [6.07, 6.45) is 8.80. The summed E-state index contributed by atoms with van der Waals surface area (Å²) in [5, 5.41) is 0. The third-order valence-corrected chi connectivity index (χ3v) is 5.30. The van der Waals surface area contributed by atoms with E-state index in [2.05, 4.69) is 9.88 Å². The molecule has 0 aromatic carbocycles. The second kappa shape index (κ2) is 7.78. The number of likely N-dealkylation sites (tertiary alicyclic amines) is 2. The summed E-state index contributed by atoms with van der Waals surface area (Å²) < 4.78 is 0. The normalized spacial score (nSPS) is 22.6. The highest BCUT2D eigenvalue weighted by atomic mass is 16.2.